The first-order valence-electron chi connectivity index (χ1n) is 8.32. The summed E-state index contributed by atoms with van der Waals surface area (Å²) >= 11 is 1.72. The Labute approximate surface area is 151 Å². The summed E-state index contributed by atoms with van der Waals surface area (Å²) in [6, 6.07) is 2.24. The number of morpholine rings is 1. The Morgan fingerprint density at radius 3 is 2.48 bits per heavy atom. The van der Waals surface area contributed by atoms with Crippen LogP contribution in [0.15, 0.2) is 23.1 Å². The highest BCUT2D eigenvalue weighted by Gasteiger charge is 2.34. The van der Waals surface area contributed by atoms with Crippen molar-refractivity contribution in [2.75, 3.05) is 50.9 Å². The molecule has 0 unspecified atom stereocenters. The molecule has 1 atom stereocenters. The minimum atomic E-state index is -3.95. The molecule has 0 aliphatic carbocycles. The quantitative estimate of drug-likeness (QED) is 0.782. The third kappa shape index (κ3) is 4.71. The molecule has 25 heavy (non-hydrogen) atoms. The van der Waals surface area contributed by atoms with Gasteiger partial charge in [-0.3, -0.25) is 4.90 Å². The van der Waals surface area contributed by atoms with Crippen LogP contribution in [-0.2, 0) is 14.8 Å². The Balaban J connectivity index is 1.86. The van der Waals surface area contributed by atoms with Crippen LogP contribution in [0.25, 0.3) is 0 Å². The molecule has 2 aliphatic rings. The van der Waals surface area contributed by atoms with Crippen molar-refractivity contribution < 1.29 is 21.9 Å². The van der Waals surface area contributed by atoms with Gasteiger partial charge in [0, 0.05) is 44.0 Å². The van der Waals surface area contributed by atoms with Crippen molar-refractivity contribution in [2.24, 2.45) is 0 Å². The lowest BCUT2D eigenvalue weighted by atomic mass is 10.2. The van der Waals surface area contributed by atoms with E-state index in [4.69, 9.17) is 4.74 Å². The lowest BCUT2D eigenvalue weighted by Gasteiger charge is -2.35. The zero-order valence-corrected chi connectivity index (χ0v) is 15.5. The van der Waals surface area contributed by atoms with E-state index in [1.165, 1.54) is 4.31 Å². The molecule has 1 aromatic rings. The maximum atomic E-state index is 13.5. The number of halogens is 2. The van der Waals surface area contributed by atoms with Crippen molar-refractivity contribution in [3.05, 3.63) is 29.8 Å². The van der Waals surface area contributed by atoms with Crippen LogP contribution in [0.3, 0.4) is 0 Å². The molecule has 0 radical (unpaired) electrons. The molecular formula is C16H22F2N2O3S2. The number of rotatable bonds is 4. The number of nitrogens with zero attached hydrogens (tertiary/aromatic N) is 2. The van der Waals surface area contributed by atoms with Crippen LogP contribution in [0.4, 0.5) is 8.78 Å². The SMILES string of the molecule is O=S(=O)(c1cc(F)cc(F)c1)N1CCCSC[C@@H]1CN1CCOCC1. The summed E-state index contributed by atoms with van der Waals surface area (Å²) in [5.41, 5.74) is 0. The van der Waals surface area contributed by atoms with Crippen LogP contribution < -0.4 is 0 Å². The molecule has 9 heteroatoms. The van der Waals surface area contributed by atoms with Crippen molar-refractivity contribution >= 4 is 21.8 Å². The monoisotopic (exact) mass is 392 g/mol. The molecular weight excluding hydrogens is 370 g/mol. The van der Waals surface area contributed by atoms with Gasteiger partial charge >= 0.3 is 0 Å². The molecule has 0 N–H and O–H groups in total. The Kier molecular flexibility index (Phi) is 6.32. The topological polar surface area (TPSA) is 49.9 Å². The standard InChI is InChI=1S/C16H22F2N2O3S2/c17-13-8-14(18)10-16(9-13)25(21,22)20-2-1-7-24-12-15(20)11-19-3-5-23-6-4-19/h8-10,15H,1-7,11-12H2/t15-/m0/s1. The summed E-state index contributed by atoms with van der Waals surface area (Å²) in [7, 11) is -3.95. The summed E-state index contributed by atoms with van der Waals surface area (Å²) in [6.07, 6.45) is 0.724. The second-order valence-corrected chi connectivity index (χ2v) is 9.26. The average molecular weight is 392 g/mol. The van der Waals surface area contributed by atoms with E-state index in [0.29, 0.717) is 38.1 Å². The summed E-state index contributed by atoms with van der Waals surface area (Å²) in [5, 5.41) is 0. The Bertz CT molecular complexity index is 676. The predicted octanol–water partition coefficient (Wildman–Crippen LogP) is 1.79. The zero-order valence-electron chi connectivity index (χ0n) is 13.9. The number of hydrogen-bond acceptors (Lipinski definition) is 5. The van der Waals surface area contributed by atoms with Gasteiger partial charge in [0.05, 0.1) is 18.1 Å². The van der Waals surface area contributed by atoms with Crippen molar-refractivity contribution in [3.63, 3.8) is 0 Å². The highest BCUT2D eigenvalue weighted by atomic mass is 32.2. The molecule has 0 spiro atoms. The van der Waals surface area contributed by atoms with E-state index in [-0.39, 0.29) is 10.9 Å². The normalized spacial score (nSPS) is 24.2. The fourth-order valence-corrected chi connectivity index (χ4v) is 6.01. The van der Waals surface area contributed by atoms with Gasteiger partial charge in [0.25, 0.3) is 0 Å². The fourth-order valence-electron chi connectivity index (χ4n) is 3.16. The van der Waals surface area contributed by atoms with E-state index >= 15 is 0 Å². The highest BCUT2D eigenvalue weighted by Crippen LogP contribution is 2.26. The summed E-state index contributed by atoms with van der Waals surface area (Å²) < 4.78 is 59.9. The Morgan fingerprint density at radius 2 is 1.80 bits per heavy atom. The van der Waals surface area contributed by atoms with Crippen LogP contribution >= 0.6 is 11.8 Å². The van der Waals surface area contributed by atoms with E-state index in [2.05, 4.69) is 4.90 Å². The van der Waals surface area contributed by atoms with Crippen molar-refractivity contribution in [3.8, 4) is 0 Å². The summed E-state index contributed by atoms with van der Waals surface area (Å²) in [5.74, 6) is -0.211. The van der Waals surface area contributed by atoms with E-state index in [1.54, 1.807) is 11.8 Å². The second-order valence-electron chi connectivity index (χ2n) is 6.22. The molecule has 0 saturated carbocycles. The molecule has 2 heterocycles. The van der Waals surface area contributed by atoms with Gasteiger partial charge in [-0.2, -0.15) is 16.1 Å². The smallest absolute Gasteiger partial charge is 0.243 e. The van der Waals surface area contributed by atoms with Gasteiger partial charge in [0.15, 0.2) is 0 Å². The molecule has 5 nitrogen and oxygen atoms in total. The molecule has 3 rings (SSSR count). The van der Waals surface area contributed by atoms with Gasteiger partial charge in [-0.1, -0.05) is 0 Å². The number of benzene rings is 1. The van der Waals surface area contributed by atoms with Gasteiger partial charge in [0.1, 0.15) is 11.6 Å². The maximum absolute atomic E-state index is 13.5. The van der Waals surface area contributed by atoms with E-state index < -0.39 is 21.7 Å². The lowest BCUT2D eigenvalue weighted by Crippen LogP contribution is -2.50. The molecule has 2 fully saturated rings. The van der Waals surface area contributed by atoms with Crippen LogP contribution in [0.1, 0.15) is 6.42 Å². The summed E-state index contributed by atoms with van der Waals surface area (Å²) in [6.45, 7) is 3.78. The predicted molar refractivity (Wildman–Crippen MR) is 93.2 cm³/mol. The molecule has 0 bridgehead atoms. The first-order valence-corrected chi connectivity index (χ1v) is 10.9. The van der Waals surface area contributed by atoms with Crippen molar-refractivity contribution in [1.82, 2.24) is 9.21 Å². The zero-order chi connectivity index (χ0) is 17.9. The molecule has 0 aromatic heterocycles. The van der Waals surface area contributed by atoms with Crippen LogP contribution in [0.5, 0.6) is 0 Å². The van der Waals surface area contributed by atoms with E-state index in [1.807, 2.05) is 0 Å². The number of sulfonamides is 1. The second kappa shape index (κ2) is 8.30. The first-order chi connectivity index (χ1) is 12.0. The van der Waals surface area contributed by atoms with Gasteiger partial charge in [-0.05, 0) is 24.3 Å². The maximum Gasteiger partial charge on any atom is 0.243 e. The van der Waals surface area contributed by atoms with Gasteiger partial charge in [-0.15, -0.1) is 0 Å². The van der Waals surface area contributed by atoms with Crippen molar-refractivity contribution in [2.45, 2.75) is 17.4 Å². The minimum absolute atomic E-state index is 0.220. The number of ether oxygens (including phenoxy) is 1. The highest BCUT2D eigenvalue weighted by molar-refractivity contribution is 7.99. The summed E-state index contributed by atoms with van der Waals surface area (Å²) in [4.78, 5) is 1.87. The van der Waals surface area contributed by atoms with Crippen LogP contribution in [0.2, 0.25) is 0 Å². The number of hydrogen-bond donors (Lipinski definition) is 0. The lowest BCUT2D eigenvalue weighted by molar-refractivity contribution is 0.0309. The first kappa shape index (κ1) is 19.0. The Hall–Kier alpha value is -0.740. The third-order valence-corrected chi connectivity index (χ3v) is 7.53. The molecule has 140 valence electrons. The van der Waals surface area contributed by atoms with E-state index in [9.17, 15) is 17.2 Å². The van der Waals surface area contributed by atoms with Crippen LogP contribution in [0, 0.1) is 11.6 Å². The molecule has 2 aliphatic heterocycles. The fraction of sp³-hybridized carbons (Fsp3) is 0.625. The number of thioether (sulfide) groups is 1. The molecule has 1 aromatic carbocycles. The molecule has 0 amide bonds. The minimum Gasteiger partial charge on any atom is -0.379 e. The third-order valence-electron chi connectivity index (χ3n) is 4.40. The van der Waals surface area contributed by atoms with Crippen LogP contribution in [-0.4, -0.2) is 74.6 Å². The van der Waals surface area contributed by atoms with Gasteiger partial charge in [-0.25, -0.2) is 17.2 Å². The molecule has 2 saturated heterocycles. The van der Waals surface area contributed by atoms with Crippen molar-refractivity contribution in [1.29, 1.82) is 0 Å². The Morgan fingerprint density at radius 1 is 1.12 bits per heavy atom. The van der Waals surface area contributed by atoms with E-state index in [0.717, 1.165) is 37.4 Å². The van der Waals surface area contributed by atoms with Gasteiger partial charge in [0.2, 0.25) is 10.0 Å². The largest absolute Gasteiger partial charge is 0.379 e. The average Bonchev–Trinajstić information content (AvgIpc) is 2.81. The van der Waals surface area contributed by atoms with Gasteiger partial charge < -0.3 is 4.74 Å².